The van der Waals surface area contributed by atoms with Gasteiger partial charge in [0.15, 0.2) is 0 Å². The normalized spacial score (nSPS) is 11.8. The highest BCUT2D eigenvalue weighted by atomic mass is 32.2. The van der Waals surface area contributed by atoms with E-state index in [1.54, 1.807) is 24.3 Å². The van der Waals surface area contributed by atoms with Gasteiger partial charge < -0.3 is 5.73 Å². The highest BCUT2D eigenvalue weighted by Crippen LogP contribution is 2.27. The van der Waals surface area contributed by atoms with Crippen LogP contribution in [0.25, 0.3) is 10.8 Å². The van der Waals surface area contributed by atoms with Crippen molar-refractivity contribution in [2.24, 2.45) is 0 Å². The predicted molar refractivity (Wildman–Crippen MR) is 56.5 cm³/mol. The van der Waals surface area contributed by atoms with Gasteiger partial charge in [0, 0.05) is 10.8 Å². The summed E-state index contributed by atoms with van der Waals surface area (Å²) in [5.74, 6) is 0. The van der Waals surface area contributed by atoms with E-state index < -0.39 is 10.1 Å². The lowest BCUT2D eigenvalue weighted by molar-refractivity contribution is 0.484. The standard InChI is InChI=1S/C10H8NO3S/c11-9-5-1-4-8-7(9)3-2-6-10(8)15(12,13)14/h1-6,11H,(H,12,13,14). The van der Waals surface area contributed by atoms with Crippen LogP contribution in [0, 0.1) is 0 Å². The van der Waals surface area contributed by atoms with Gasteiger partial charge in [0.25, 0.3) is 10.1 Å². The SMILES string of the molecule is [NH]c1cccc2c(S(=O)(=O)O)cccc12. The molecule has 2 aromatic carbocycles. The Kier molecular flexibility index (Phi) is 2.13. The summed E-state index contributed by atoms with van der Waals surface area (Å²) in [5, 5.41) is 0.875. The molecule has 0 aliphatic carbocycles. The molecule has 4 nitrogen and oxygen atoms in total. The lowest BCUT2D eigenvalue weighted by atomic mass is 10.1. The van der Waals surface area contributed by atoms with Crippen molar-refractivity contribution < 1.29 is 13.0 Å². The van der Waals surface area contributed by atoms with Crippen molar-refractivity contribution in [3.63, 3.8) is 0 Å². The fourth-order valence-electron chi connectivity index (χ4n) is 1.51. The Hall–Kier alpha value is -1.59. The van der Waals surface area contributed by atoms with Gasteiger partial charge in [-0.1, -0.05) is 24.3 Å². The third kappa shape index (κ3) is 1.67. The number of rotatable bonds is 1. The molecule has 2 aromatic rings. The van der Waals surface area contributed by atoms with Crippen molar-refractivity contribution in [2.45, 2.75) is 4.90 Å². The van der Waals surface area contributed by atoms with E-state index in [-0.39, 0.29) is 10.6 Å². The Morgan fingerprint density at radius 1 is 1.00 bits per heavy atom. The summed E-state index contributed by atoms with van der Waals surface area (Å²) in [6.45, 7) is 0. The van der Waals surface area contributed by atoms with Gasteiger partial charge >= 0.3 is 0 Å². The summed E-state index contributed by atoms with van der Waals surface area (Å²) >= 11 is 0. The number of hydrogen-bond acceptors (Lipinski definition) is 2. The maximum absolute atomic E-state index is 11.1. The Morgan fingerprint density at radius 2 is 1.60 bits per heavy atom. The van der Waals surface area contributed by atoms with Gasteiger partial charge in [-0.2, -0.15) is 8.42 Å². The molecule has 77 valence electrons. The van der Waals surface area contributed by atoms with E-state index in [9.17, 15) is 8.42 Å². The molecule has 0 heterocycles. The number of hydrogen-bond donors (Lipinski definition) is 1. The van der Waals surface area contributed by atoms with Crippen LogP contribution < -0.4 is 5.73 Å². The molecule has 0 saturated heterocycles. The van der Waals surface area contributed by atoms with E-state index in [1.807, 2.05) is 0 Å². The first-order chi connectivity index (χ1) is 7.00. The minimum absolute atomic E-state index is 0.158. The van der Waals surface area contributed by atoms with Gasteiger partial charge in [-0.25, -0.2) is 0 Å². The first-order valence-corrected chi connectivity index (χ1v) is 5.65. The van der Waals surface area contributed by atoms with E-state index in [2.05, 4.69) is 0 Å². The zero-order chi connectivity index (χ0) is 11.1. The zero-order valence-electron chi connectivity index (χ0n) is 7.64. The number of nitrogens with one attached hydrogen (secondary N) is 1. The largest absolute Gasteiger partial charge is 0.300 e. The van der Waals surface area contributed by atoms with Gasteiger partial charge in [0.05, 0.1) is 5.69 Å². The second-order valence-corrected chi connectivity index (χ2v) is 4.52. The predicted octanol–water partition coefficient (Wildman–Crippen LogP) is 2.00. The molecule has 0 atom stereocenters. The molecule has 0 aliphatic rings. The summed E-state index contributed by atoms with van der Waals surface area (Å²) < 4.78 is 31.1. The smallest absolute Gasteiger partial charge is 0.295 e. The Bertz CT molecular complexity index is 620. The molecule has 0 aliphatic heterocycles. The van der Waals surface area contributed by atoms with Gasteiger partial charge in [-0.3, -0.25) is 4.55 Å². The van der Waals surface area contributed by atoms with E-state index >= 15 is 0 Å². The quantitative estimate of drug-likeness (QED) is 0.749. The molecule has 0 bridgehead atoms. The third-order valence-electron chi connectivity index (χ3n) is 2.16. The molecule has 2 rings (SSSR count). The average molecular weight is 222 g/mol. The van der Waals surface area contributed by atoms with Crippen LogP contribution in [-0.4, -0.2) is 13.0 Å². The first kappa shape index (κ1) is 9.95. The van der Waals surface area contributed by atoms with E-state index in [1.165, 1.54) is 12.1 Å². The first-order valence-electron chi connectivity index (χ1n) is 4.21. The maximum atomic E-state index is 11.1. The van der Waals surface area contributed by atoms with Crippen molar-refractivity contribution in [1.82, 2.24) is 5.73 Å². The fourth-order valence-corrected chi connectivity index (χ4v) is 2.21. The van der Waals surface area contributed by atoms with Gasteiger partial charge in [-0.05, 0) is 12.1 Å². The zero-order valence-corrected chi connectivity index (χ0v) is 8.45. The molecule has 0 spiro atoms. The second kappa shape index (κ2) is 3.22. The summed E-state index contributed by atoms with van der Waals surface area (Å²) in [5.41, 5.74) is 7.82. The number of benzene rings is 2. The molecular formula is C10H8NO3S. The molecule has 0 aromatic heterocycles. The molecule has 2 N–H and O–H groups in total. The molecule has 5 heteroatoms. The van der Waals surface area contributed by atoms with Crippen molar-refractivity contribution in [1.29, 1.82) is 0 Å². The minimum Gasteiger partial charge on any atom is -0.300 e. The van der Waals surface area contributed by atoms with Crippen LogP contribution in [0.1, 0.15) is 0 Å². The van der Waals surface area contributed by atoms with Crippen LogP contribution in [0.3, 0.4) is 0 Å². The molecule has 15 heavy (non-hydrogen) atoms. The van der Waals surface area contributed by atoms with Crippen molar-refractivity contribution in [3.8, 4) is 0 Å². The van der Waals surface area contributed by atoms with Crippen LogP contribution in [0.15, 0.2) is 41.3 Å². The molecule has 0 saturated carbocycles. The summed E-state index contributed by atoms with van der Waals surface area (Å²) in [4.78, 5) is -0.158. The van der Waals surface area contributed by atoms with E-state index in [4.69, 9.17) is 10.3 Å². The monoisotopic (exact) mass is 222 g/mol. The van der Waals surface area contributed by atoms with Crippen LogP contribution in [-0.2, 0) is 10.1 Å². The Balaban J connectivity index is 2.96. The second-order valence-electron chi connectivity index (χ2n) is 3.13. The lowest BCUT2D eigenvalue weighted by Gasteiger charge is -2.04. The fraction of sp³-hybridized carbons (Fsp3) is 0. The van der Waals surface area contributed by atoms with E-state index in [0.29, 0.717) is 10.8 Å². The van der Waals surface area contributed by atoms with E-state index in [0.717, 1.165) is 0 Å². The Labute approximate surface area is 87.1 Å². The molecule has 0 amide bonds. The molecule has 1 radical (unpaired) electrons. The van der Waals surface area contributed by atoms with Crippen molar-refractivity contribution in [2.75, 3.05) is 0 Å². The highest BCUT2D eigenvalue weighted by Gasteiger charge is 2.13. The topological polar surface area (TPSA) is 78.2 Å². The summed E-state index contributed by atoms with van der Waals surface area (Å²) in [6, 6.07) is 9.18. The van der Waals surface area contributed by atoms with Crippen LogP contribution in [0.5, 0.6) is 0 Å². The van der Waals surface area contributed by atoms with Crippen molar-refractivity contribution >= 4 is 26.6 Å². The summed E-state index contributed by atoms with van der Waals surface area (Å²) in [6.07, 6.45) is 0. The minimum atomic E-state index is -4.23. The van der Waals surface area contributed by atoms with Crippen LogP contribution in [0.4, 0.5) is 5.69 Å². The molecular weight excluding hydrogens is 214 g/mol. The van der Waals surface area contributed by atoms with Gasteiger partial charge in [-0.15, -0.1) is 0 Å². The molecule has 0 unspecified atom stereocenters. The lowest BCUT2D eigenvalue weighted by Crippen LogP contribution is -1.98. The van der Waals surface area contributed by atoms with Crippen LogP contribution in [0.2, 0.25) is 0 Å². The third-order valence-corrected chi connectivity index (χ3v) is 3.07. The van der Waals surface area contributed by atoms with Gasteiger partial charge in [0.1, 0.15) is 4.90 Å². The highest BCUT2D eigenvalue weighted by molar-refractivity contribution is 7.86. The average Bonchev–Trinajstić information content (AvgIpc) is 2.16. The summed E-state index contributed by atoms with van der Waals surface area (Å²) in [7, 11) is -4.23. The van der Waals surface area contributed by atoms with Gasteiger partial charge in [0.2, 0.25) is 0 Å². The van der Waals surface area contributed by atoms with Crippen LogP contribution >= 0.6 is 0 Å². The maximum Gasteiger partial charge on any atom is 0.295 e. The number of fused-ring (bicyclic) bond motifs is 1. The Morgan fingerprint density at radius 3 is 2.27 bits per heavy atom. The van der Waals surface area contributed by atoms with Crippen molar-refractivity contribution in [3.05, 3.63) is 36.4 Å². The molecule has 0 fully saturated rings.